The van der Waals surface area contributed by atoms with Crippen LogP contribution >= 0.6 is 15.9 Å². The highest BCUT2D eigenvalue weighted by Crippen LogP contribution is 2.29. The first kappa shape index (κ1) is 13.0. The summed E-state index contributed by atoms with van der Waals surface area (Å²) in [5, 5.41) is 0. The van der Waals surface area contributed by atoms with E-state index in [0.717, 1.165) is 0 Å². The highest BCUT2D eigenvalue weighted by Gasteiger charge is 2.20. The number of hydrogen-bond donors (Lipinski definition) is 0. The third kappa shape index (κ3) is 2.75. The molecule has 0 aromatic carbocycles. The third-order valence-electron chi connectivity index (χ3n) is 2.07. The van der Waals surface area contributed by atoms with E-state index in [1.807, 2.05) is 0 Å². The van der Waals surface area contributed by atoms with Gasteiger partial charge in [-0.2, -0.15) is 0 Å². The van der Waals surface area contributed by atoms with E-state index in [1.165, 1.54) is 13.3 Å². The zero-order valence-corrected chi connectivity index (χ0v) is 10.3. The summed E-state index contributed by atoms with van der Waals surface area (Å²) in [5.74, 6) is -0.574. The molecule has 0 amide bonds. The second kappa shape index (κ2) is 5.34. The predicted molar refractivity (Wildman–Crippen MR) is 57.4 cm³/mol. The molecule has 1 aromatic heterocycles. The van der Waals surface area contributed by atoms with Crippen LogP contribution in [0, 0.1) is 6.92 Å². The van der Waals surface area contributed by atoms with Crippen molar-refractivity contribution in [2.75, 3.05) is 7.11 Å². The second-order valence-electron chi connectivity index (χ2n) is 3.17. The molecule has 0 bridgehead atoms. The van der Waals surface area contributed by atoms with Gasteiger partial charge in [-0.15, -0.1) is 0 Å². The van der Waals surface area contributed by atoms with Gasteiger partial charge in [-0.3, -0.25) is 9.78 Å². The van der Waals surface area contributed by atoms with Crippen molar-refractivity contribution in [2.45, 2.75) is 19.8 Å². The summed E-state index contributed by atoms with van der Waals surface area (Å²) in [7, 11) is 1.21. The number of rotatable bonds is 3. The first-order valence-corrected chi connectivity index (χ1v) is 5.25. The molecular formula is C10H10BrF2NO2. The third-order valence-corrected chi connectivity index (χ3v) is 3.18. The van der Waals surface area contributed by atoms with Crippen LogP contribution in [0.2, 0.25) is 0 Å². The zero-order valence-electron chi connectivity index (χ0n) is 8.76. The molecule has 0 fully saturated rings. The Morgan fingerprint density at radius 2 is 2.25 bits per heavy atom. The summed E-state index contributed by atoms with van der Waals surface area (Å²) in [6, 6.07) is 0. The smallest absolute Gasteiger partial charge is 0.310 e. The molecule has 1 rings (SSSR count). The lowest BCUT2D eigenvalue weighted by Crippen LogP contribution is -2.10. The van der Waals surface area contributed by atoms with Crippen molar-refractivity contribution in [1.29, 1.82) is 0 Å². The van der Waals surface area contributed by atoms with Gasteiger partial charge in [-0.25, -0.2) is 8.78 Å². The minimum Gasteiger partial charge on any atom is -0.469 e. The molecule has 0 N–H and O–H groups in total. The lowest BCUT2D eigenvalue weighted by atomic mass is 10.1. The molecule has 0 saturated heterocycles. The van der Waals surface area contributed by atoms with Crippen LogP contribution in [-0.4, -0.2) is 18.1 Å². The largest absolute Gasteiger partial charge is 0.469 e. The molecule has 0 unspecified atom stereocenters. The van der Waals surface area contributed by atoms with Crippen LogP contribution in [0.3, 0.4) is 0 Å². The van der Waals surface area contributed by atoms with E-state index in [9.17, 15) is 13.6 Å². The molecule has 88 valence electrons. The number of methoxy groups -OCH3 is 1. The molecule has 0 atom stereocenters. The van der Waals surface area contributed by atoms with Crippen molar-refractivity contribution < 1.29 is 18.3 Å². The highest BCUT2D eigenvalue weighted by atomic mass is 79.9. The molecule has 0 saturated carbocycles. The second-order valence-corrected chi connectivity index (χ2v) is 3.97. The van der Waals surface area contributed by atoms with Crippen molar-refractivity contribution in [1.82, 2.24) is 4.98 Å². The van der Waals surface area contributed by atoms with Crippen molar-refractivity contribution in [3.05, 3.63) is 27.5 Å². The number of nitrogens with zero attached hydrogens (tertiary/aromatic N) is 1. The normalized spacial score (nSPS) is 10.6. The average Bonchev–Trinajstić information content (AvgIpc) is 2.24. The molecule has 0 aliphatic heterocycles. The number of aryl methyl sites for hydroxylation is 1. The number of aromatic nitrogens is 1. The van der Waals surface area contributed by atoms with Gasteiger partial charge in [-0.05, 0) is 12.5 Å². The Bertz CT molecular complexity index is 410. The molecule has 6 heteroatoms. The maximum Gasteiger partial charge on any atom is 0.310 e. The molecule has 0 spiro atoms. The van der Waals surface area contributed by atoms with Crippen molar-refractivity contribution in [2.24, 2.45) is 0 Å². The Labute approximate surface area is 99.9 Å². The quantitative estimate of drug-likeness (QED) is 0.805. The molecule has 0 aliphatic carbocycles. The molecule has 1 heterocycles. The van der Waals surface area contributed by atoms with Gasteiger partial charge in [0.25, 0.3) is 6.43 Å². The summed E-state index contributed by atoms with van der Waals surface area (Å²) in [5.41, 5.74) is 0.494. The number of halogens is 3. The van der Waals surface area contributed by atoms with Gasteiger partial charge in [-0.1, -0.05) is 15.9 Å². The van der Waals surface area contributed by atoms with Gasteiger partial charge in [0, 0.05) is 16.2 Å². The van der Waals surface area contributed by atoms with Crippen LogP contribution in [0.4, 0.5) is 8.78 Å². The highest BCUT2D eigenvalue weighted by molar-refractivity contribution is 9.10. The minimum atomic E-state index is -2.71. The van der Waals surface area contributed by atoms with Crippen LogP contribution < -0.4 is 0 Å². The van der Waals surface area contributed by atoms with Crippen LogP contribution in [0.5, 0.6) is 0 Å². The van der Waals surface area contributed by atoms with E-state index in [4.69, 9.17) is 0 Å². The van der Waals surface area contributed by atoms with Crippen LogP contribution in [0.15, 0.2) is 10.7 Å². The lowest BCUT2D eigenvalue weighted by molar-refractivity contribution is -0.139. The maximum absolute atomic E-state index is 12.7. The fourth-order valence-corrected chi connectivity index (χ4v) is 1.67. The van der Waals surface area contributed by atoms with E-state index < -0.39 is 12.4 Å². The monoisotopic (exact) mass is 293 g/mol. The van der Waals surface area contributed by atoms with Crippen molar-refractivity contribution in [3.8, 4) is 0 Å². The van der Waals surface area contributed by atoms with Gasteiger partial charge in [0.15, 0.2) is 0 Å². The SMILES string of the molecule is COC(=O)Cc1c(C(F)F)ncc(C)c1Br. The number of alkyl halides is 2. The summed E-state index contributed by atoms with van der Waals surface area (Å²) in [6.45, 7) is 1.72. The van der Waals surface area contributed by atoms with Gasteiger partial charge < -0.3 is 4.74 Å². The molecular weight excluding hydrogens is 284 g/mol. The Morgan fingerprint density at radius 3 is 2.75 bits per heavy atom. The van der Waals surface area contributed by atoms with Crippen molar-refractivity contribution >= 4 is 21.9 Å². The van der Waals surface area contributed by atoms with E-state index in [0.29, 0.717) is 10.0 Å². The van der Waals surface area contributed by atoms with Crippen LogP contribution in [0.1, 0.15) is 23.2 Å². The van der Waals surface area contributed by atoms with Gasteiger partial charge >= 0.3 is 5.97 Å². The molecule has 1 aromatic rings. The van der Waals surface area contributed by atoms with Crippen molar-refractivity contribution in [3.63, 3.8) is 0 Å². The number of pyridine rings is 1. The van der Waals surface area contributed by atoms with Gasteiger partial charge in [0.05, 0.1) is 13.5 Å². The zero-order chi connectivity index (χ0) is 12.3. The predicted octanol–water partition coefficient (Wildman–Crippen LogP) is 2.81. The van der Waals surface area contributed by atoms with Crippen LogP contribution in [0.25, 0.3) is 0 Å². The number of hydrogen-bond acceptors (Lipinski definition) is 3. The molecule has 16 heavy (non-hydrogen) atoms. The summed E-state index contributed by atoms with van der Waals surface area (Å²) in [6.07, 6.45) is -1.59. The first-order valence-electron chi connectivity index (χ1n) is 4.46. The number of ether oxygens (including phenoxy) is 1. The Balaban J connectivity index is 3.20. The van der Waals surface area contributed by atoms with E-state index >= 15 is 0 Å². The molecule has 0 aliphatic rings. The summed E-state index contributed by atoms with van der Waals surface area (Å²) >= 11 is 3.18. The maximum atomic E-state index is 12.7. The van der Waals surface area contributed by atoms with Crippen LogP contribution in [-0.2, 0) is 16.0 Å². The fourth-order valence-electron chi connectivity index (χ4n) is 1.22. The lowest BCUT2D eigenvalue weighted by Gasteiger charge is -2.11. The van der Waals surface area contributed by atoms with E-state index in [2.05, 4.69) is 25.7 Å². The fraction of sp³-hybridized carbons (Fsp3) is 0.400. The van der Waals surface area contributed by atoms with E-state index in [1.54, 1.807) is 6.92 Å². The minimum absolute atomic E-state index is 0.182. The average molecular weight is 294 g/mol. The Kier molecular flexibility index (Phi) is 4.35. The Morgan fingerprint density at radius 1 is 1.62 bits per heavy atom. The number of carbonyl (C=O) groups is 1. The van der Waals surface area contributed by atoms with Gasteiger partial charge in [0.1, 0.15) is 5.69 Å². The molecule has 3 nitrogen and oxygen atoms in total. The summed E-state index contributed by atoms with van der Waals surface area (Å²) in [4.78, 5) is 14.7. The van der Waals surface area contributed by atoms with Gasteiger partial charge in [0.2, 0.25) is 0 Å². The standard InChI is InChI=1S/C10H10BrF2NO2/c1-5-4-14-9(10(12)13)6(8(5)11)3-7(15)16-2/h4,10H,3H2,1-2H3. The topological polar surface area (TPSA) is 39.2 Å². The Hall–Kier alpha value is -1.04. The number of carbonyl (C=O) groups excluding carboxylic acids is 1. The summed E-state index contributed by atoms with van der Waals surface area (Å²) < 4.78 is 30.2. The number of esters is 1. The molecule has 0 radical (unpaired) electrons. The van der Waals surface area contributed by atoms with E-state index in [-0.39, 0.29) is 17.7 Å². The first-order chi connectivity index (χ1) is 7.47.